The molecular weight excluding hydrogens is 722 g/mol. The highest BCUT2D eigenvalue weighted by atomic mass is 32.5. The lowest BCUT2D eigenvalue weighted by atomic mass is 9.98. The summed E-state index contributed by atoms with van der Waals surface area (Å²) in [6.07, 6.45) is 16.3. The molecule has 3 atom stereocenters. The van der Waals surface area contributed by atoms with Crippen LogP contribution >= 0.6 is 6.72 Å². The summed E-state index contributed by atoms with van der Waals surface area (Å²) in [5, 5.41) is 16.7. The number of carbonyl (C=O) groups is 2. The molecule has 0 fully saturated rings. The molecule has 0 saturated heterocycles. The zero-order valence-electron chi connectivity index (χ0n) is 33.1. The summed E-state index contributed by atoms with van der Waals surface area (Å²) in [5.41, 5.74) is 4.69. The van der Waals surface area contributed by atoms with Crippen molar-refractivity contribution in [2.75, 3.05) is 54.1 Å². The molecule has 12 heteroatoms. The zero-order chi connectivity index (χ0) is 39.2. The Morgan fingerprint density at radius 3 is 2.11 bits per heavy atom. The molecule has 3 rings (SSSR count). The summed E-state index contributed by atoms with van der Waals surface area (Å²) < 4.78 is 17.1. The number of likely N-dealkylation sites (N-methyl/N-ethyl adjacent to an activating group) is 1. The molecule has 0 spiro atoms. The van der Waals surface area contributed by atoms with Gasteiger partial charge in [0, 0.05) is 18.9 Å². The smallest absolute Gasteiger partial charge is 0.407 e. The third-order valence-electron chi connectivity index (χ3n) is 9.68. The summed E-state index contributed by atoms with van der Waals surface area (Å²) in [6.45, 7) is -0.380. The van der Waals surface area contributed by atoms with Crippen molar-refractivity contribution in [2.45, 2.75) is 115 Å². The fourth-order valence-electron chi connectivity index (χ4n) is 6.51. The van der Waals surface area contributed by atoms with E-state index in [1.165, 1.54) is 56.1 Å². The van der Waals surface area contributed by atoms with Gasteiger partial charge in [0.2, 0.25) is 5.91 Å². The second-order valence-corrected chi connectivity index (χ2v) is 18.1. The minimum atomic E-state index is -3.81. The van der Waals surface area contributed by atoms with E-state index in [0.717, 1.165) is 30.4 Å². The largest absolute Gasteiger partial charge is 0.780 e. The van der Waals surface area contributed by atoms with Gasteiger partial charge in [-0.05, 0) is 47.9 Å². The fourth-order valence-corrected chi connectivity index (χ4v) is 7.64. The number of nitrogens with zero attached hydrogens (tertiary/aromatic N) is 1. The molecule has 0 aliphatic heterocycles. The number of benzene rings is 2. The molecule has 0 aromatic heterocycles. The molecule has 1 unspecified atom stereocenters. The van der Waals surface area contributed by atoms with E-state index in [4.69, 9.17) is 25.6 Å². The Kier molecular flexibility index (Phi) is 21.0. The Hall–Kier alpha value is -2.63. The van der Waals surface area contributed by atoms with E-state index in [1.54, 1.807) is 6.08 Å². The maximum Gasteiger partial charge on any atom is 0.407 e. The van der Waals surface area contributed by atoms with Gasteiger partial charge in [0.15, 0.2) is 0 Å². The summed E-state index contributed by atoms with van der Waals surface area (Å²) >= 11 is 5.09. The van der Waals surface area contributed by atoms with Crippen molar-refractivity contribution in [1.82, 2.24) is 10.6 Å². The van der Waals surface area contributed by atoms with Gasteiger partial charge in [0.25, 0.3) is 0 Å². The number of hydrogen-bond donors (Lipinski definition) is 3. The highest BCUT2D eigenvalue weighted by Crippen LogP contribution is 2.44. The predicted octanol–water partition coefficient (Wildman–Crippen LogP) is 7.73. The summed E-state index contributed by atoms with van der Waals surface area (Å²) in [7, 11) is 5.97. The molecule has 0 radical (unpaired) electrons. The monoisotopic (exact) mass is 787 g/mol. The molecule has 0 saturated carbocycles. The van der Waals surface area contributed by atoms with Crippen LogP contribution in [-0.4, -0.2) is 87.8 Å². The Bertz CT molecular complexity index is 1440. The number of fused-ring (bicyclic) bond motifs is 3. The standard InChI is InChI=1S/C42H66N3O7PS/c1-5-6-7-8-9-10-11-12-13-14-16-27-40(46)39(33-52-53(49,54)51-31-30-45(2,3)4)44-41(47)28-17-15-22-29-43-42(48)50-32-38-36-25-20-18-23-34(36)35-24-19-21-26-37(35)38/h16,18-21,23-27,38-40,46H,5-15,17,22,28-33H2,1-4H3,(H2-,43,44,47,48,49,54)/b27-16+/t39-,40+,53?/m0/s1. The van der Waals surface area contributed by atoms with Gasteiger partial charge in [-0.15, -0.1) is 0 Å². The maximum atomic E-state index is 12.9. The first-order valence-electron chi connectivity index (χ1n) is 20.0. The van der Waals surface area contributed by atoms with Crippen LogP contribution in [-0.2, 0) is 30.4 Å². The number of aliphatic hydroxyl groups is 1. The third kappa shape index (κ3) is 17.9. The van der Waals surface area contributed by atoms with Gasteiger partial charge in [-0.3, -0.25) is 4.79 Å². The Balaban J connectivity index is 1.37. The molecule has 10 nitrogen and oxygen atoms in total. The number of rotatable bonds is 28. The number of aliphatic hydroxyl groups excluding tert-OH is 1. The highest BCUT2D eigenvalue weighted by Gasteiger charge is 2.29. The predicted molar refractivity (Wildman–Crippen MR) is 220 cm³/mol. The van der Waals surface area contributed by atoms with Crippen LogP contribution in [0.15, 0.2) is 60.7 Å². The first-order chi connectivity index (χ1) is 25.9. The first-order valence-corrected chi connectivity index (χ1v) is 22.6. The van der Waals surface area contributed by atoms with E-state index >= 15 is 0 Å². The van der Waals surface area contributed by atoms with Gasteiger partial charge in [-0.2, -0.15) is 0 Å². The van der Waals surface area contributed by atoms with Crippen LogP contribution in [0.2, 0.25) is 0 Å². The second kappa shape index (κ2) is 24.8. The van der Waals surface area contributed by atoms with E-state index in [-0.39, 0.29) is 38.1 Å². The minimum absolute atomic E-state index is 0.00275. The van der Waals surface area contributed by atoms with Crippen molar-refractivity contribution in [3.05, 3.63) is 71.8 Å². The van der Waals surface area contributed by atoms with Gasteiger partial charge >= 0.3 is 6.09 Å². The van der Waals surface area contributed by atoms with E-state index in [1.807, 2.05) is 51.5 Å². The van der Waals surface area contributed by atoms with Gasteiger partial charge in [-0.1, -0.05) is 137 Å². The molecule has 2 aromatic rings. The lowest BCUT2D eigenvalue weighted by Crippen LogP contribution is -2.45. The van der Waals surface area contributed by atoms with Crippen LogP contribution in [0.3, 0.4) is 0 Å². The van der Waals surface area contributed by atoms with Crippen LogP contribution in [0, 0.1) is 0 Å². The highest BCUT2D eigenvalue weighted by molar-refractivity contribution is 8.06. The lowest BCUT2D eigenvalue weighted by molar-refractivity contribution is -0.870. The van der Waals surface area contributed by atoms with Crippen LogP contribution in [0.25, 0.3) is 11.1 Å². The number of allylic oxidation sites excluding steroid dienone is 1. The van der Waals surface area contributed by atoms with E-state index in [9.17, 15) is 19.6 Å². The number of nitrogens with one attached hydrogen (secondary N) is 2. The molecule has 1 aliphatic rings. The van der Waals surface area contributed by atoms with Crippen LogP contribution in [0.1, 0.15) is 114 Å². The van der Waals surface area contributed by atoms with E-state index in [2.05, 4.69) is 41.8 Å². The molecule has 0 heterocycles. The molecule has 2 aromatic carbocycles. The maximum absolute atomic E-state index is 12.9. The molecule has 1 aliphatic carbocycles. The quantitative estimate of drug-likeness (QED) is 0.0346. The first kappa shape index (κ1) is 45.8. The molecule has 0 bridgehead atoms. The van der Waals surface area contributed by atoms with E-state index in [0.29, 0.717) is 36.8 Å². The SMILES string of the molecule is CCCCCCCCCCC/C=C/[C@@H](O)[C@H](COP([O-])(=S)OCC[N+](C)(C)C)NC(=O)CCCCCNC(=O)OCC1c2ccccc2-c2ccccc21. The Labute approximate surface area is 329 Å². The van der Waals surface area contributed by atoms with Crippen molar-refractivity contribution in [2.24, 2.45) is 0 Å². The second-order valence-electron chi connectivity index (χ2n) is 15.4. The van der Waals surface area contributed by atoms with Crippen molar-refractivity contribution >= 4 is 30.5 Å². The van der Waals surface area contributed by atoms with Gasteiger partial charge in [-0.25, -0.2) is 4.79 Å². The average Bonchev–Trinajstić information content (AvgIpc) is 3.45. The summed E-state index contributed by atoms with van der Waals surface area (Å²) in [5.74, 6) is -0.257. The van der Waals surface area contributed by atoms with Crippen LogP contribution < -0.4 is 15.5 Å². The Morgan fingerprint density at radius 2 is 1.48 bits per heavy atom. The molecule has 2 amide bonds. The number of unbranched alkanes of at least 4 members (excludes halogenated alkanes) is 11. The van der Waals surface area contributed by atoms with Gasteiger partial charge < -0.3 is 38.9 Å². The number of carbonyl (C=O) groups excluding carboxylic acids is 2. The van der Waals surface area contributed by atoms with Crippen LogP contribution in [0.4, 0.5) is 4.79 Å². The lowest BCUT2D eigenvalue weighted by Gasteiger charge is -2.32. The number of amides is 2. The number of ether oxygens (including phenoxy) is 1. The average molecular weight is 788 g/mol. The molecule has 3 N–H and O–H groups in total. The number of alkyl carbamates (subject to hydrolysis) is 1. The zero-order valence-corrected chi connectivity index (χ0v) is 34.9. The van der Waals surface area contributed by atoms with Crippen molar-refractivity contribution < 1.29 is 37.9 Å². The molecule has 54 heavy (non-hydrogen) atoms. The molecule has 302 valence electrons. The summed E-state index contributed by atoms with van der Waals surface area (Å²) in [4.78, 5) is 38.2. The van der Waals surface area contributed by atoms with Crippen molar-refractivity contribution in [3.8, 4) is 11.1 Å². The third-order valence-corrected chi connectivity index (χ3v) is 11.3. The normalized spacial score (nSPS) is 15.0. The summed E-state index contributed by atoms with van der Waals surface area (Å²) in [6, 6.07) is 15.6. The topological polar surface area (TPSA) is 129 Å². The van der Waals surface area contributed by atoms with Gasteiger partial charge in [0.05, 0.1) is 39.9 Å². The minimum Gasteiger partial charge on any atom is -0.780 e. The fraction of sp³-hybridized carbons (Fsp3) is 0.619. The number of quaternary nitrogens is 1. The Morgan fingerprint density at radius 1 is 0.889 bits per heavy atom. The van der Waals surface area contributed by atoms with E-state index < -0.39 is 25.0 Å². The van der Waals surface area contributed by atoms with Crippen molar-refractivity contribution in [1.29, 1.82) is 0 Å². The van der Waals surface area contributed by atoms with Crippen molar-refractivity contribution in [3.63, 3.8) is 0 Å². The van der Waals surface area contributed by atoms with Crippen LogP contribution in [0.5, 0.6) is 0 Å². The number of hydrogen-bond acceptors (Lipinski definition) is 8. The van der Waals surface area contributed by atoms with Gasteiger partial charge in [0.1, 0.15) is 26.5 Å². The molecular formula is C42H66N3O7PS.